The minimum absolute atomic E-state index is 0.0326. The summed E-state index contributed by atoms with van der Waals surface area (Å²) >= 11 is 0. The van der Waals surface area contributed by atoms with E-state index in [1.54, 1.807) is 0 Å². The van der Waals surface area contributed by atoms with Gasteiger partial charge < -0.3 is 23.7 Å². The van der Waals surface area contributed by atoms with Crippen LogP contribution in [0.25, 0.3) is 0 Å². The summed E-state index contributed by atoms with van der Waals surface area (Å²) in [6.07, 6.45) is -0.673. The summed E-state index contributed by atoms with van der Waals surface area (Å²) < 4.78 is 28.2. The van der Waals surface area contributed by atoms with Gasteiger partial charge in [-0.25, -0.2) is 4.79 Å². The molecule has 0 N–H and O–H groups in total. The quantitative estimate of drug-likeness (QED) is 0.498. The fourth-order valence-electron chi connectivity index (χ4n) is 3.90. The van der Waals surface area contributed by atoms with E-state index in [2.05, 4.69) is 9.97 Å². The second-order valence-corrected chi connectivity index (χ2v) is 7.08. The molecule has 4 rings (SSSR count). The summed E-state index contributed by atoms with van der Waals surface area (Å²) in [4.78, 5) is 21.9. The highest BCUT2D eigenvalue weighted by Crippen LogP contribution is 2.40. The van der Waals surface area contributed by atoms with Crippen LogP contribution in [-0.2, 0) is 26.3 Å². The molecule has 0 bridgehead atoms. The molecule has 166 valence electrons. The van der Waals surface area contributed by atoms with Gasteiger partial charge in [0.15, 0.2) is 5.60 Å². The number of hydrogen-bond acceptors (Lipinski definition) is 8. The molecule has 1 atom stereocenters. The van der Waals surface area contributed by atoms with Gasteiger partial charge in [-0.05, 0) is 11.1 Å². The monoisotopic (exact) mass is 436 g/mol. The number of carbonyl (C=O) groups is 1. The minimum atomic E-state index is -1.33. The van der Waals surface area contributed by atoms with Crippen LogP contribution in [0.2, 0.25) is 0 Å². The van der Waals surface area contributed by atoms with E-state index < -0.39 is 17.7 Å². The molecule has 3 aromatic rings. The van der Waals surface area contributed by atoms with Gasteiger partial charge in [0.1, 0.15) is 0 Å². The summed E-state index contributed by atoms with van der Waals surface area (Å²) in [7, 11) is 4.31. The Morgan fingerprint density at radius 1 is 0.969 bits per heavy atom. The summed E-state index contributed by atoms with van der Waals surface area (Å²) in [6, 6.07) is 18.7. The Balaban J connectivity index is 1.87. The van der Waals surface area contributed by atoms with Gasteiger partial charge in [0.25, 0.3) is 5.88 Å². The molecule has 1 aromatic heterocycles. The lowest BCUT2D eigenvalue weighted by atomic mass is 9.81. The lowest BCUT2D eigenvalue weighted by molar-refractivity contribution is -0.164. The molecule has 1 aliphatic heterocycles. The zero-order valence-corrected chi connectivity index (χ0v) is 18.1. The van der Waals surface area contributed by atoms with Crippen molar-refractivity contribution in [1.29, 1.82) is 0 Å². The molecule has 8 nitrogen and oxygen atoms in total. The van der Waals surface area contributed by atoms with Crippen LogP contribution in [0.1, 0.15) is 16.8 Å². The van der Waals surface area contributed by atoms with E-state index in [0.29, 0.717) is 35.6 Å². The molecule has 2 aromatic carbocycles. The molecule has 8 heteroatoms. The first kappa shape index (κ1) is 21.6. The fourth-order valence-corrected chi connectivity index (χ4v) is 3.90. The van der Waals surface area contributed by atoms with E-state index in [1.165, 1.54) is 21.3 Å². The number of methoxy groups -OCH3 is 3. The maximum Gasteiger partial charge on any atom is 0.351 e. The lowest BCUT2D eigenvalue weighted by Crippen LogP contribution is -2.51. The number of ether oxygens (including phenoxy) is 5. The van der Waals surface area contributed by atoms with Crippen LogP contribution >= 0.6 is 0 Å². The van der Waals surface area contributed by atoms with Gasteiger partial charge in [-0.3, -0.25) is 0 Å². The molecule has 0 fully saturated rings. The number of hydrogen-bond donors (Lipinski definition) is 0. The van der Waals surface area contributed by atoms with Crippen molar-refractivity contribution in [3.8, 4) is 17.6 Å². The van der Waals surface area contributed by atoms with Crippen molar-refractivity contribution in [2.24, 2.45) is 0 Å². The Hall–Kier alpha value is -3.65. The third-order valence-electron chi connectivity index (χ3n) is 5.40. The first-order chi connectivity index (χ1) is 15.6. The standard InChI is InChI=1S/C24H24N2O6/c1-28-21-19-18(14-15-31-19)25-23(26-21)32-20(22(27)29-2)24(30-3,16-10-6-4-7-11-16)17-12-8-5-9-13-17/h4-13,20H,14-15H2,1-3H3. The largest absolute Gasteiger partial charge is 0.486 e. The van der Waals surface area contributed by atoms with Gasteiger partial charge in [-0.15, -0.1) is 0 Å². The molecule has 0 radical (unpaired) electrons. The summed E-state index contributed by atoms with van der Waals surface area (Å²) in [6.45, 7) is 0.473. The number of fused-ring (bicyclic) bond motifs is 1. The highest BCUT2D eigenvalue weighted by atomic mass is 16.6. The van der Waals surface area contributed by atoms with E-state index in [9.17, 15) is 4.79 Å². The Kier molecular flexibility index (Phi) is 6.23. The molecule has 1 unspecified atom stereocenters. The van der Waals surface area contributed by atoms with Crippen LogP contribution in [0.5, 0.6) is 17.6 Å². The van der Waals surface area contributed by atoms with Crippen molar-refractivity contribution in [1.82, 2.24) is 9.97 Å². The van der Waals surface area contributed by atoms with Gasteiger partial charge in [-0.1, -0.05) is 60.7 Å². The second-order valence-electron chi connectivity index (χ2n) is 7.08. The van der Waals surface area contributed by atoms with Crippen LogP contribution in [-0.4, -0.2) is 50.0 Å². The molecule has 2 heterocycles. The first-order valence-electron chi connectivity index (χ1n) is 10.1. The van der Waals surface area contributed by atoms with Crippen molar-refractivity contribution in [3.05, 3.63) is 77.5 Å². The number of carbonyl (C=O) groups excluding carboxylic acids is 1. The van der Waals surface area contributed by atoms with Crippen molar-refractivity contribution >= 4 is 5.97 Å². The fraction of sp³-hybridized carbons (Fsp3) is 0.292. The average Bonchev–Trinajstić information content (AvgIpc) is 3.33. The Bertz CT molecular complexity index is 1040. The summed E-state index contributed by atoms with van der Waals surface area (Å²) in [5.41, 5.74) is 0.737. The normalized spacial score (nSPS) is 13.6. The molecule has 0 saturated carbocycles. The number of esters is 1. The predicted octanol–water partition coefficient (Wildman–Crippen LogP) is 2.93. The van der Waals surface area contributed by atoms with Gasteiger partial charge in [0.05, 0.1) is 26.5 Å². The van der Waals surface area contributed by atoms with Crippen LogP contribution in [0.4, 0.5) is 0 Å². The van der Waals surface area contributed by atoms with E-state index >= 15 is 0 Å². The van der Waals surface area contributed by atoms with E-state index in [4.69, 9.17) is 23.7 Å². The zero-order valence-electron chi connectivity index (χ0n) is 18.1. The highest BCUT2D eigenvalue weighted by Gasteiger charge is 2.50. The summed E-state index contributed by atoms with van der Waals surface area (Å²) in [5.74, 6) is 0.0889. The van der Waals surface area contributed by atoms with E-state index in [0.717, 1.165) is 0 Å². The highest BCUT2D eigenvalue weighted by molar-refractivity contribution is 5.78. The van der Waals surface area contributed by atoms with Gasteiger partial charge in [0.2, 0.25) is 11.9 Å². The smallest absolute Gasteiger partial charge is 0.351 e. The van der Waals surface area contributed by atoms with Crippen LogP contribution < -0.4 is 14.2 Å². The molecule has 0 saturated heterocycles. The van der Waals surface area contributed by atoms with Crippen LogP contribution in [0.3, 0.4) is 0 Å². The van der Waals surface area contributed by atoms with Gasteiger partial charge >= 0.3 is 12.0 Å². The molecule has 0 spiro atoms. The average molecular weight is 436 g/mol. The molecule has 0 aliphatic carbocycles. The zero-order chi connectivity index (χ0) is 22.6. The third-order valence-corrected chi connectivity index (χ3v) is 5.40. The SMILES string of the molecule is COC(=O)C(Oc1nc2c(c(OC)n1)OCC2)C(OC)(c1ccccc1)c1ccccc1. The van der Waals surface area contributed by atoms with Crippen molar-refractivity contribution in [2.75, 3.05) is 27.9 Å². The third kappa shape index (κ3) is 3.73. The van der Waals surface area contributed by atoms with E-state index in [1.807, 2.05) is 60.7 Å². The maximum absolute atomic E-state index is 13.1. The van der Waals surface area contributed by atoms with Crippen LogP contribution in [0.15, 0.2) is 60.7 Å². The topological polar surface area (TPSA) is 89.0 Å². The Morgan fingerprint density at radius 3 is 2.12 bits per heavy atom. The number of aromatic nitrogens is 2. The molecule has 1 aliphatic rings. The van der Waals surface area contributed by atoms with Crippen molar-refractivity contribution in [2.45, 2.75) is 18.1 Å². The van der Waals surface area contributed by atoms with Gasteiger partial charge in [-0.2, -0.15) is 9.97 Å². The number of rotatable bonds is 8. The maximum atomic E-state index is 13.1. The Labute approximate surface area is 186 Å². The summed E-state index contributed by atoms with van der Waals surface area (Å²) in [5, 5.41) is 0. The first-order valence-corrected chi connectivity index (χ1v) is 10.1. The van der Waals surface area contributed by atoms with Gasteiger partial charge in [0, 0.05) is 13.5 Å². The Morgan fingerprint density at radius 2 is 1.59 bits per heavy atom. The predicted molar refractivity (Wildman–Crippen MR) is 115 cm³/mol. The lowest BCUT2D eigenvalue weighted by Gasteiger charge is -2.38. The number of nitrogens with zero attached hydrogens (tertiary/aromatic N) is 2. The van der Waals surface area contributed by atoms with Crippen LogP contribution in [0, 0.1) is 0 Å². The second kappa shape index (κ2) is 9.23. The van der Waals surface area contributed by atoms with E-state index in [-0.39, 0.29) is 11.9 Å². The minimum Gasteiger partial charge on any atom is -0.486 e. The molecular weight excluding hydrogens is 412 g/mol. The molecule has 0 amide bonds. The van der Waals surface area contributed by atoms with Crippen molar-refractivity contribution < 1.29 is 28.5 Å². The number of benzene rings is 2. The molecule has 32 heavy (non-hydrogen) atoms. The molecular formula is C24H24N2O6. The van der Waals surface area contributed by atoms with Crippen molar-refractivity contribution in [3.63, 3.8) is 0 Å².